The van der Waals surface area contributed by atoms with Crippen LogP contribution >= 0.6 is 23.1 Å². The molecular formula is C20H17F3N2O3S2. The van der Waals surface area contributed by atoms with Crippen LogP contribution in [0.4, 0.5) is 13.2 Å². The van der Waals surface area contributed by atoms with Gasteiger partial charge in [-0.25, -0.2) is 4.98 Å². The number of aromatic nitrogens is 2. The van der Waals surface area contributed by atoms with E-state index in [1.807, 2.05) is 0 Å². The lowest BCUT2D eigenvalue weighted by atomic mass is 9.97. The molecule has 0 amide bonds. The first kappa shape index (κ1) is 20.9. The van der Waals surface area contributed by atoms with Gasteiger partial charge in [-0.2, -0.15) is 13.2 Å². The van der Waals surface area contributed by atoms with Crippen LogP contribution in [0.3, 0.4) is 0 Å². The minimum Gasteiger partial charge on any atom is -0.495 e. The van der Waals surface area contributed by atoms with E-state index in [2.05, 4.69) is 4.98 Å². The molecule has 0 bridgehead atoms. The summed E-state index contributed by atoms with van der Waals surface area (Å²) in [5, 5.41) is 0.542. The van der Waals surface area contributed by atoms with Crippen molar-refractivity contribution in [3.8, 4) is 11.4 Å². The van der Waals surface area contributed by atoms with E-state index in [1.165, 1.54) is 23.0 Å². The summed E-state index contributed by atoms with van der Waals surface area (Å²) in [6.45, 7) is 0. The first-order valence-corrected chi connectivity index (χ1v) is 11.0. The monoisotopic (exact) mass is 454 g/mol. The van der Waals surface area contributed by atoms with Crippen molar-refractivity contribution in [1.29, 1.82) is 0 Å². The second-order valence-corrected chi connectivity index (χ2v) is 8.83. The molecule has 0 atom stereocenters. The number of fused-ring (bicyclic) bond motifs is 3. The van der Waals surface area contributed by atoms with Crippen LogP contribution in [0.15, 0.2) is 34.2 Å². The number of para-hydroxylation sites is 2. The number of aryl methyl sites for hydroxylation is 2. The van der Waals surface area contributed by atoms with Gasteiger partial charge in [0.25, 0.3) is 5.56 Å². The average molecular weight is 454 g/mol. The van der Waals surface area contributed by atoms with Crippen molar-refractivity contribution >= 4 is 39.1 Å². The number of benzene rings is 1. The number of nitrogens with zero attached hydrogens (tertiary/aromatic N) is 2. The van der Waals surface area contributed by atoms with Gasteiger partial charge in [0.05, 0.1) is 23.9 Å². The minimum atomic E-state index is -4.94. The van der Waals surface area contributed by atoms with Crippen molar-refractivity contribution in [2.75, 3.05) is 12.9 Å². The maximum atomic E-state index is 13.5. The fraction of sp³-hybridized carbons (Fsp3) is 0.350. The van der Waals surface area contributed by atoms with Gasteiger partial charge in [0.2, 0.25) is 5.78 Å². The van der Waals surface area contributed by atoms with Gasteiger partial charge in [0.15, 0.2) is 5.16 Å². The van der Waals surface area contributed by atoms with Crippen LogP contribution in [0.5, 0.6) is 5.75 Å². The standard InChI is InChI=1S/C20H17F3N2O3S2/c1-28-13-8-4-3-7-12(13)25-18(27)16-11-6-2-5-9-14(11)30-17(16)24-19(25)29-10-15(26)20(21,22)23/h3-4,7-8H,2,5-6,9-10H2,1H3. The fourth-order valence-electron chi connectivity index (χ4n) is 3.52. The zero-order valence-electron chi connectivity index (χ0n) is 15.9. The molecule has 1 aromatic carbocycles. The largest absolute Gasteiger partial charge is 0.495 e. The van der Waals surface area contributed by atoms with E-state index in [9.17, 15) is 22.8 Å². The Hall–Kier alpha value is -2.33. The summed E-state index contributed by atoms with van der Waals surface area (Å²) < 4.78 is 44.7. The summed E-state index contributed by atoms with van der Waals surface area (Å²) in [6, 6.07) is 6.73. The predicted octanol–water partition coefficient (Wildman–Crippen LogP) is 4.56. The molecule has 0 radical (unpaired) electrons. The van der Waals surface area contributed by atoms with E-state index < -0.39 is 17.7 Å². The third-order valence-corrected chi connectivity index (χ3v) is 7.06. The number of hydrogen-bond acceptors (Lipinski definition) is 6. The van der Waals surface area contributed by atoms with Crippen molar-refractivity contribution in [1.82, 2.24) is 9.55 Å². The molecule has 1 aliphatic carbocycles. The van der Waals surface area contributed by atoms with Crippen molar-refractivity contribution in [2.45, 2.75) is 37.0 Å². The molecule has 0 N–H and O–H groups in total. The number of Topliss-reactive ketones (excluding diaryl/α,β-unsaturated/α-hetero) is 1. The Balaban J connectivity index is 1.92. The van der Waals surface area contributed by atoms with Gasteiger partial charge in [-0.15, -0.1) is 11.3 Å². The third kappa shape index (κ3) is 3.74. The third-order valence-electron chi connectivity index (χ3n) is 4.93. The summed E-state index contributed by atoms with van der Waals surface area (Å²) in [5.41, 5.74) is 0.994. The maximum Gasteiger partial charge on any atom is 0.450 e. The first-order chi connectivity index (χ1) is 14.3. The van der Waals surface area contributed by atoms with E-state index in [4.69, 9.17) is 4.74 Å². The van der Waals surface area contributed by atoms with E-state index >= 15 is 0 Å². The SMILES string of the molecule is COc1ccccc1-n1c(SCC(=O)C(F)(F)F)nc2sc3c(c2c1=O)CCCC3. The predicted molar refractivity (Wildman–Crippen MR) is 110 cm³/mol. The van der Waals surface area contributed by atoms with Crippen LogP contribution in [0.25, 0.3) is 15.9 Å². The van der Waals surface area contributed by atoms with Gasteiger partial charge in [-0.3, -0.25) is 14.2 Å². The number of hydrogen-bond donors (Lipinski definition) is 0. The summed E-state index contributed by atoms with van der Waals surface area (Å²) in [4.78, 5) is 31.1. The van der Waals surface area contributed by atoms with Gasteiger partial charge in [0, 0.05) is 4.88 Å². The second kappa shape index (κ2) is 8.07. The van der Waals surface area contributed by atoms with Gasteiger partial charge < -0.3 is 4.74 Å². The minimum absolute atomic E-state index is 0.0354. The van der Waals surface area contributed by atoms with Crippen molar-refractivity contribution < 1.29 is 22.7 Å². The van der Waals surface area contributed by atoms with Gasteiger partial charge in [0.1, 0.15) is 10.6 Å². The summed E-state index contributed by atoms with van der Waals surface area (Å²) in [6.07, 6.45) is -1.29. The zero-order chi connectivity index (χ0) is 21.5. The molecule has 0 saturated carbocycles. The number of ether oxygens (including phenoxy) is 1. The highest BCUT2D eigenvalue weighted by Crippen LogP contribution is 2.36. The number of thioether (sulfide) groups is 1. The molecular weight excluding hydrogens is 437 g/mol. The lowest BCUT2D eigenvalue weighted by Gasteiger charge is -2.15. The maximum absolute atomic E-state index is 13.5. The summed E-state index contributed by atoms with van der Waals surface area (Å²) >= 11 is 2.01. The molecule has 5 nitrogen and oxygen atoms in total. The van der Waals surface area contributed by atoms with Crippen LogP contribution in [-0.2, 0) is 17.6 Å². The molecule has 2 heterocycles. The number of carbonyl (C=O) groups excluding carboxylic acids is 1. The Kier molecular flexibility index (Phi) is 5.63. The number of thiophene rings is 1. The Bertz CT molecular complexity index is 1180. The van der Waals surface area contributed by atoms with E-state index in [-0.39, 0.29) is 10.7 Å². The van der Waals surface area contributed by atoms with Gasteiger partial charge in [-0.1, -0.05) is 23.9 Å². The molecule has 4 rings (SSSR count). The molecule has 0 saturated heterocycles. The molecule has 0 unspecified atom stereocenters. The van der Waals surface area contributed by atoms with E-state index in [1.54, 1.807) is 24.3 Å². The van der Waals surface area contributed by atoms with E-state index in [0.717, 1.165) is 36.1 Å². The molecule has 2 aromatic heterocycles. The molecule has 158 valence electrons. The van der Waals surface area contributed by atoms with Gasteiger partial charge >= 0.3 is 6.18 Å². The number of methoxy groups -OCH3 is 1. The highest BCUT2D eigenvalue weighted by atomic mass is 32.2. The van der Waals surface area contributed by atoms with Crippen LogP contribution in [0.1, 0.15) is 23.3 Å². The Morgan fingerprint density at radius 2 is 2.00 bits per heavy atom. The molecule has 1 aliphatic rings. The molecule has 0 aliphatic heterocycles. The Morgan fingerprint density at radius 1 is 1.27 bits per heavy atom. The molecule has 0 spiro atoms. The van der Waals surface area contributed by atoms with Crippen molar-refractivity contribution in [2.24, 2.45) is 0 Å². The summed E-state index contributed by atoms with van der Waals surface area (Å²) in [5.74, 6) is -2.35. The molecule has 30 heavy (non-hydrogen) atoms. The normalized spacial score (nSPS) is 14.0. The lowest BCUT2D eigenvalue weighted by Crippen LogP contribution is -2.26. The topological polar surface area (TPSA) is 61.2 Å². The molecule has 0 fully saturated rings. The number of rotatable bonds is 5. The first-order valence-electron chi connectivity index (χ1n) is 9.24. The zero-order valence-corrected chi connectivity index (χ0v) is 17.5. The lowest BCUT2D eigenvalue weighted by molar-refractivity contribution is -0.167. The van der Waals surface area contributed by atoms with Crippen LogP contribution in [0, 0.1) is 0 Å². The number of halogens is 3. The average Bonchev–Trinajstić information content (AvgIpc) is 3.10. The van der Waals surface area contributed by atoms with Crippen LogP contribution in [0.2, 0.25) is 0 Å². The fourth-order valence-corrected chi connectivity index (χ4v) is 5.72. The second-order valence-electron chi connectivity index (χ2n) is 6.81. The highest BCUT2D eigenvalue weighted by molar-refractivity contribution is 7.99. The van der Waals surface area contributed by atoms with Crippen LogP contribution in [-0.4, -0.2) is 34.4 Å². The molecule has 10 heteroatoms. The Morgan fingerprint density at radius 3 is 2.73 bits per heavy atom. The number of carbonyl (C=O) groups is 1. The van der Waals surface area contributed by atoms with Gasteiger partial charge in [-0.05, 0) is 43.4 Å². The highest BCUT2D eigenvalue weighted by Gasteiger charge is 2.38. The Labute approximate surface area is 177 Å². The number of alkyl halides is 3. The van der Waals surface area contributed by atoms with Crippen molar-refractivity contribution in [3.63, 3.8) is 0 Å². The van der Waals surface area contributed by atoms with E-state index in [0.29, 0.717) is 33.4 Å². The quantitative estimate of drug-likeness (QED) is 0.418. The number of ketones is 1. The van der Waals surface area contributed by atoms with Crippen molar-refractivity contribution in [3.05, 3.63) is 45.1 Å². The smallest absolute Gasteiger partial charge is 0.450 e. The van der Waals surface area contributed by atoms with Crippen LogP contribution < -0.4 is 10.3 Å². The molecule has 3 aromatic rings. The summed E-state index contributed by atoms with van der Waals surface area (Å²) in [7, 11) is 1.45.